The number of benzene rings is 2. The Hall–Kier alpha value is -3.75. The van der Waals surface area contributed by atoms with Gasteiger partial charge in [-0.1, -0.05) is 12.1 Å². The third kappa shape index (κ3) is 4.80. The van der Waals surface area contributed by atoms with Gasteiger partial charge in [0.1, 0.15) is 11.5 Å². The third-order valence-corrected chi connectivity index (χ3v) is 4.18. The van der Waals surface area contributed by atoms with E-state index in [-0.39, 0.29) is 17.9 Å². The zero-order valence-corrected chi connectivity index (χ0v) is 15.6. The van der Waals surface area contributed by atoms with Crippen LogP contribution in [0.25, 0.3) is 11.3 Å². The first-order valence-electron chi connectivity index (χ1n) is 8.65. The van der Waals surface area contributed by atoms with E-state index in [4.69, 9.17) is 14.3 Å². The molecule has 0 aliphatic carbocycles. The molecule has 30 heavy (non-hydrogen) atoms. The number of ether oxygens (including phenoxy) is 1. The quantitative estimate of drug-likeness (QED) is 0.596. The van der Waals surface area contributed by atoms with Gasteiger partial charge in [0.05, 0.1) is 19.1 Å². The zero-order chi connectivity index (χ0) is 21.9. The summed E-state index contributed by atoms with van der Waals surface area (Å²) in [6, 6.07) is 12.9. The van der Waals surface area contributed by atoms with Crippen LogP contribution in [0.1, 0.15) is 21.7 Å². The lowest BCUT2D eigenvalue weighted by atomic mass is 10.1. The first-order chi connectivity index (χ1) is 14.2. The van der Waals surface area contributed by atoms with Crippen LogP contribution < -0.4 is 10.1 Å². The molecular weight excluding hydrogens is 403 g/mol. The Bertz CT molecular complexity index is 1050. The summed E-state index contributed by atoms with van der Waals surface area (Å²) >= 11 is 0. The van der Waals surface area contributed by atoms with Gasteiger partial charge in [-0.25, -0.2) is 0 Å². The predicted molar refractivity (Wildman–Crippen MR) is 101 cm³/mol. The van der Waals surface area contributed by atoms with Crippen molar-refractivity contribution in [2.24, 2.45) is 0 Å². The molecule has 0 unspecified atom stereocenters. The summed E-state index contributed by atoms with van der Waals surface area (Å²) < 4.78 is 50.2. The van der Waals surface area contributed by atoms with Crippen LogP contribution >= 0.6 is 0 Å². The largest absolute Gasteiger partial charge is 0.497 e. The summed E-state index contributed by atoms with van der Waals surface area (Å²) in [5, 5.41) is 11.1. The zero-order valence-electron chi connectivity index (χ0n) is 15.6. The standard InChI is InChI=1S/C21H16F3NO5/c1-29-15-8-4-13(5-9-15)17-11-16(19(30-17)21(22,23)24)20(28)25-14-6-2-12(3-7-14)10-18(26)27/h2-9,11H,10H2,1H3,(H,25,28)(H,26,27). The molecule has 0 spiro atoms. The van der Waals surface area contributed by atoms with Crippen LogP contribution in [0.4, 0.5) is 18.9 Å². The number of carbonyl (C=O) groups excluding carboxylic acids is 1. The molecule has 0 fully saturated rings. The van der Waals surface area contributed by atoms with Crippen molar-refractivity contribution >= 4 is 17.6 Å². The van der Waals surface area contributed by atoms with E-state index in [1.807, 2.05) is 0 Å². The molecule has 1 heterocycles. The highest BCUT2D eigenvalue weighted by molar-refractivity contribution is 6.05. The number of carboxylic acids is 1. The SMILES string of the molecule is COc1ccc(-c2cc(C(=O)Nc3ccc(CC(=O)O)cc3)c(C(F)(F)F)o2)cc1. The van der Waals surface area contributed by atoms with Gasteiger partial charge < -0.3 is 19.6 Å². The number of anilines is 1. The van der Waals surface area contributed by atoms with Crippen LogP contribution in [0, 0.1) is 0 Å². The molecule has 0 saturated carbocycles. The van der Waals surface area contributed by atoms with Crippen molar-refractivity contribution in [3.05, 3.63) is 71.5 Å². The minimum absolute atomic E-state index is 0.119. The van der Waals surface area contributed by atoms with Crippen molar-refractivity contribution in [3.8, 4) is 17.1 Å². The molecular formula is C21H16F3NO5. The molecule has 3 aromatic rings. The molecule has 0 aliphatic heterocycles. The number of alkyl halides is 3. The highest BCUT2D eigenvalue weighted by Gasteiger charge is 2.40. The fourth-order valence-corrected chi connectivity index (χ4v) is 2.75. The fourth-order valence-electron chi connectivity index (χ4n) is 2.75. The molecule has 2 N–H and O–H groups in total. The van der Waals surface area contributed by atoms with Gasteiger partial charge in [0.15, 0.2) is 0 Å². The second-order valence-electron chi connectivity index (χ2n) is 6.30. The molecule has 0 atom stereocenters. The average molecular weight is 419 g/mol. The summed E-state index contributed by atoms with van der Waals surface area (Å²) in [6.45, 7) is 0. The molecule has 0 bridgehead atoms. The van der Waals surface area contributed by atoms with Crippen LogP contribution in [0.3, 0.4) is 0 Å². The first-order valence-corrected chi connectivity index (χ1v) is 8.65. The Kier molecular flexibility index (Phi) is 5.81. The van der Waals surface area contributed by atoms with Gasteiger partial charge in [-0.05, 0) is 48.0 Å². The Morgan fingerprint density at radius 1 is 1.07 bits per heavy atom. The predicted octanol–water partition coefficient (Wildman–Crippen LogP) is 4.85. The van der Waals surface area contributed by atoms with Gasteiger partial charge in [0.2, 0.25) is 5.76 Å². The summed E-state index contributed by atoms with van der Waals surface area (Å²) in [6.07, 6.45) is -5.08. The summed E-state index contributed by atoms with van der Waals surface area (Å²) in [5.74, 6) is -3.03. The van der Waals surface area contributed by atoms with Gasteiger partial charge in [0, 0.05) is 11.3 Å². The Morgan fingerprint density at radius 2 is 1.70 bits per heavy atom. The number of rotatable bonds is 6. The average Bonchev–Trinajstić information content (AvgIpc) is 3.15. The molecule has 0 saturated heterocycles. The lowest BCUT2D eigenvalue weighted by Crippen LogP contribution is -2.16. The number of methoxy groups -OCH3 is 1. The topological polar surface area (TPSA) is 88.8 Å². The number of carbonyl (C=O) groups is 2. The fraction of sp³-hybridized carbons (Fsp3) is 0.143. The highest BCUT2D eigenvalue weighted by atomic mass is 19.4. The maximum atomic E-state index is 13.4. The van der Waals surface area contributed by atoms with E-state index >= 15 is 0 Å². The Balaban J connectivity index is 1.88. The summed E-state index contributed by atoms with van der Waals surface area (Å²) in [5.41, 5.74) is 0.386. The van der Waals surface area contributed by atoms with Gasteiger partial charge in [-0.15, -0.1) is 0 Å². The second-order valence-corrected chi connectivity index (χ2v) is 6.30. The number of hydrogen-bond donors (Lipinski definition) is 2. The van der Waals surface area contributed by atoms with Gasteiger partial charge in [0.25, 0.3) is 5.91 Å². The highest BCUT2D eigenvalue weighted by Crippen LogP contribution is 2.37. The number of carboxylic acid groups (broad SMARTS) is 1. The molecule has 3 rings (SSSR count). The van der Waals surface area contributed by atoms with Crippen LogP contribution in [0.5, 0.6) is 5.75 Å². The molecule has 2 aromatic carbocycles. The molecule has 0 radical (unpaired) electrons. The third-order valence-electron chi connectivity index (χ3n) is 4.18. The van der Waals surface area contributed by atoms with E-state index in [1.54, 1.807) is 12.1 Å². The van der Waals surface area contributed by atoms with E-state index in [2.05, 4.69) is 5.32 Å². The van der Waals surface area contributed by atoms with Crippen molar-refractivity contribution in [2.45, 2.75) is 12.6 Å². The lowest BCUT2D eigenvalue weighted by molar-refractivity contribution is -0.153. The minimum Gasteiger partial charge on any atom is -0.497 e. The number of furan rings is 1. The number of nitrogens with one attached hydrogen (secondary N) is 1. The van der Waals surface area contributed by atoms with Gasteiger partial charge in [-0.3, -0.25) is 9.59 Å². The second kappa shape index (κ2) is 8.32. The van der Waals surface area contributed by atoms with Crippen molar-refractivity contribution in [1.29, 1.82) is 0 Å². The van der Waals surface area contributed by atoms with Crippen molar-refractivity contribution < 1.29 is 37.0 Å². The summed E-state index contributed by atoms with van der Waals surface area (Å²) in [7, 11) is 1.46. The number of hydrogen-bond acceptors (Lipinski definition) is 4. The minimum atomic E-state index is -4.87. The van der Waals surface area contributed by atoms with E-state index < -0.39 is 29.4 Å². The van der Waals surface area contributed by atoms with Crippen molar-refractivity contribution in [1.82, 2.24) is 0 Å². The molecule has 156 valence electrons. The van der Waals surface area contributed by atoms with Crippen LogP contribution in [0.2, 0.25) is 0 Å². The Labute approximate surface area is 168 Å². The smallest absolute Gasteiger partial charge is 0.450 e. The maximum absolute atomic E-state index is 13.4. The van der Waals surface area contributed by atoms with Crippen LogP contribution in [-0.2, 0) is 17.4 Å². The van der Waals surface area contributed by atoms with E-state index in [0.717, 1.165) is 6.07 Å². The van der Waals surface area contributed by atoms with E-state index in [1.165, 1.54) is 43.5 Å². The maximum Gasteiger partial charge on any atom is 0.450 e. The monoisotopic (exact) mass is 419 g/mol. The van der Waals surface area contributed by atoms with Gasteiger partial charge in [-0.2, -0.15) is 13.2 Å². The normalized spacial score (nSPS) is 11.2. The molecule has 1 aromatic heterocycles. The van der Waals surface area contributed by atoms with E-state index in [9.17, 15) is 22.8 Å². The van der Waals surface area contributed by atoms with Crippen LogP contribution in [-0.4, -0.2) is 24.1 Å². The number of amides is 1. The Morgan fingerprint density at radius 3 is 2.23 bits per heavy atom. The number of halogens is 3. The summed E-state index contributed by atoms with van der Waals surface area (Å²) in [4.78, 5) is 23.2. The molecule has 0 aliphatic rings. The molecule has 6 nitrogen and oxygen atoms in total. The first kappa shape index (κ1) is 21.0. The van der Waals surface area contributed by atoms with Gasteiger partial charge >= 0.3 is 12.1 Å². The number of aliphatic carboxylic acids is 1. The van der Waals surface area contributed by atoms with Crippen LogP contribution in [0.15, 0.2) is 59.0 Å². The van der Waals surface area contributed by atoms with E-state index in [0.29, 0.717) is 16.9 Å². The van der Waals surface area contributed by atoms with Crippen molar-refractivity contribution in [2.75, 3.05) is 12.4 Å². The molecule has 9 heteroatoms. The molecule has 1 amide bonds. The lowest BCUT2D eigenvalue weighted by Gasteiger charge is -2.08. The van der Waals surface area contributed by atoms with Crippen molar-refractivity contribution in [3.63, 3.8) is 0 Å².